The van der Waals surface area contributed by atoms with Gasteiger partial charge in [-0.05, 0) is 41.8 Å². The van der Waals surface area contributed by atoms with Crippen LogP contribution in [0.25, 0.3) is 10.9 Å². The molecule has 0 radical (unpaired) electrons. The molecule has 3 aromatic rings. The van der Waals surface area contributed by atoms with Gasteiger partial charge in [0.05, 0.1) is 19.8 Å². The number of nitrogens with one attached hydrogen (secondary N) is 2. The van der Waals surface area contributed by atoms with E-state index in [2.05, 4.69) is 21.3 Å². The molecule has 1 aromatic heterocycles. The number of H-pyrrole nitrogens is 1. The molecule has 1 fully saturated rings. The van der Waals surface area contributed by atoms with Crippen LogP contribution < -0.4 is 10.1 Å². The van der Waals surface area contributed by atoms with E-state index in [0.717, 1.165) is 34.3 Å². The Morgan fingerprint density at radius 1 is 1.24 bits per heavy atom. The topological polar surface area (TPSA) is 80.8 Å². The molecular formula is C26H31FN4O3. The van der Waals surface area contributed by atoms with E-state index in [0.29, 0.717) is 32.7 Å². The molecule has 2 amide bonds. The van der Waals surface area contributed by atoms with Crippen molar-refractivity contribution in [3.8, 4) is 5.75 Å². The molecule has 34 heavy (non-hydrogen) atoms. The van der Waals surface area contributed by atoms with Gasteiger partial charge in [0.25, 0.3) is 0 Å². The number of urea groups is 1. The van der Waals surface area contributed by atoms with Gasteiger partial charge in [0.2, 0.25) is 0 Å². The zero-order valence-corrected chi connectivity index (χ0v) is 19.6. The largest absolute Gasteiger partial charge is 0.497 e. The van der Waals surface area contributed by atoms with E-state index < -0.39 is 0 Å². The van der Waals surface area contributed by atoms with Gasteiger partial charge >= 0.3 is 6.03 Å². The summed E-state index contributed by atoms with van der Waals surface area (Å²) in [7, 11) is 1.64. The summed E-state index contributed by atoms with van der Waals surface area (Å²) < 4.78 is 18.9. The minimum Gasteiger partial charge on any atom is -0.497 e. The number of hydrogen-bond acceptors (Lipinski definition) is 4. The average Bonchev–Trinajstić information content (AvgIpc) is 3.20. The molecule has 7 nitrogen and oxygen atoms in total. The third-order valence-corrected chi connectivity index (χ3v) is 7.12. The number of aliphatic hydroxyl groups is 1. The molecule has 180 valence electrons. The molecule has 0 bridgehead atoms. The van der Waals surface area contributed by atoms with Gasteiger partial charge in [-0.1, -0.05) is 19.1 Å². The van der Waals surface area contributed by atoms with Crippen molar-refractivity contribution in [3.63, 3.8) is 0 Å². The van der Waals surface area contributed by atoms with Crippen molar-refractivity contribution < 1.29 is 19.0 Å². The number of carbonyl (C=O) groups is 1. The zero-order chi connectivity index (χ0) is 23.9. The Hall–Kier alpha value is -3.10. The lowest BCUT2D eigenvalue weighted by atomic mass is 9.68. The van der Waals surface area contributed by atoms with Crippen LogP contribution in [0.3, 0.4) is 0 Å². The number of methoxy groups -OCH3 is 1. The van der Waals surface area contributed by atoms with Crippen molar-refractivity contribution in [2.75, 3.05) is 39.9 Å². The molecular weight excluding hydrogens is 435 g/mol. The van der Waals surface area contributed by atoms with Gasteiger partial charge in [0, 0.05) is 60.8 Å². The Labute approximate surface area is 198 Å². The van der Waals surface area contributed by atoms with Gasteiger partial charge < -0.3 is 25.0 Å². The SMILES string of the molecule is CCCNC(=O)N1CC2(C1)CN(Cc1ccc(F)cc1)[C@H](CO)c1[nH]c3cc(OC)ccc3c12. The number of halogens is 1. The molecule has 5 rings (SSSR count). The Morgan fingerprint density at radius 3 is 2.68 bits per heavy atom. The van der Waals surface area contributed by atoms with Crippen LogP contribution in [0.15, 0.2) is 42.5 Å². The van der Waals surface area contributed by atoms with Gasteiger partial charge in [-0.25, -0.2) is 9.18 Å². The zero-order valence-electron chi connectivity index (χ0n) is 19.6. The number of aromatic amines is 1. The van der Waals surface area contributed by atoms with Crippen molar-refractivity contribution in [1.82, 2.24) is 20.1 Å². The maximum Gasteiger partial charge on any atom is 0.317 e. The number of hydrogen-bond donors (Lipinski definition) is 3. The monoisotopic (exact) mass is 466 g/mol. The molecule has 0 unspecified atom stereocenters. The summed E-state index contributed by atoms with van der Waals surface area (Å²) in [5, 5.41) is 14.5. The van der Waals surface area contributed by atoms with Crippen LogP contribution in [-0.2, 0) is 12.0 Å². The van der Waals surface area contributed by atoms with Crippen molar-refractivity contribution in [2.24, 2.45) is 0 Å². The molecule has 0 aliphatic carbocycles. The second-order valence-electron chi connectivity index (χ2n) is 9.42. The molecule has 3 heterocycles. The predicted molar refractivity (Wildman–Crippen MR) is 128 cm³/mol. The number of ether oxygens (including phenoxy) is 1. The van der Waals surface area contributed by atoms with Crippen LogP contribution in [0.4, 0.5) is 9.18 Å². The maximum atomic E-state index is 13.5. The molecule has 1 saturated heterocycles. The van der Waals surface area contributed by atoms with E-state index in [1.54, 1.807) is 19.2 Å². The number of aromatic nitrogens is 1. The van der Waals surface area contributed by atoms with Crippen molar-refractivity contribution in [3.05, 3.63) is 65.1 Å². The van der Waals surface area contributed by atoms with Gasteiger partial charge in [0.15, 0.2) is 0 Å². The molecule has 3 N–H and O–H groups in total. The Kier molecular flexibility index (Phi) is 5.95. The molecule has 1 atom stereocenters. The van der Waals surface area contributed by atoms with Crippen molar-refractivity contribution >= 4 is 16.9 Å². The normalized spacial score (nSPS) is 19.2. The number of carbonyl (C=O) groups excluding carboxylic acids is 1. The lowest BCUT2D eigenvalue weighted by Gasteiger charge is -2.56. The van der Waals surface area contributed by atoms with Gasteiger partial charge in [-0.3, -0.25) is 4.90 Å². The van der Waals surface area contributed by atoms with Crippen LogP contribution in [0.2, 0.25) is 0 Å². The number of amides is 2. The van der Waals surface area contributed by atoms with Gasteiger partial charge in [-0.15, -0.1) is 0 Å². The first kappa shape index (κ1) is 22.7. The second kappa shape index (κ2) is 8.92. The van der Waals surface area contributed by atoms with Gasteiger partial charge in [-0.2, -0.15) is 0 Å². The Balaban J connectivity index is 1.54. The number of rotatable bonds is 6. The molecule has 0 saturated carbocycles. The molecule has 2 aromatic carbocycles. The standard InChI is InChI=1S/C26H31FN4O3/c1-3-10-28-25(33)31-15-26(16-31)14-30(12-17-4-6-18(27)7-5-17)22(13-32)24-23(26)20-9-8-19(34-2)11-21(20)29-24/h4-9,11,22,29,32H,3,10,12-16H2,1-2H3,(H,28,33)/t22-/m1/s1. The van der Waals surface area contributed by atoms with Crippen molar-refractivity contribution in [1.29, 1.82) is 0 Å². The summed E-state index contributed by atoms with van der Waals surface area (Å²) >= 11 is 0. The fourth-order valence-electron chi connectivity index (χ4n) is 5.53. The summed E-state index contributed by atoms with van der Waals surface area (Å²) in [6, 6.07) is 12.2. The first-order chi connectivity index (χ1) is 16.5. The van der Waals surface area contributed by atoms with Crippen LogP contribution in [0.1, 0.15) is 36.2 Å². The lowest BCUT2D eigenvalue weighted by molar-refractivity contribution is 0.00988. The number of benzene rings is 2. The molecule has 1 spiro atoms. The third kappa shape index (κ3) is 3.80. The van der Waals surface area contributed by atoms with Crippen LogP contribution >= 0.6 is 0 Å². The number of aliphatic hydroxyl groups excluding tert-OH is 1. The fourth-order valence-corrected chi connectivity index (χ4v) is 5.53. The quantitative estimate of drug-likeness (QED) is 0.519. The summed E-state index contributed by atoms with van der Waals surface area (Å²) in [4.78, 5) is 20.3. The summed E-state index contributed by atoms with van der Waals surface area (Å²) in [5.41, 5.74) is 3.84. The second-order valence-corrected chi connectivity index (χ2v) is 9.42. The highest BCUT2D eigenvalue weighted by Gasteiger charge is 2.54. The molecule has 2 aliphatic heterocycles. The third-order valence-electron chi connectivity index (χ3n) is 7.12. The summed E-state index contributed by atoms with van der Waals surface area (Å²) in [6.45, 7) is 5.12. The smallest absolute Gasteiger partial charge is 0.317 e. The molecule has 8 heteroatoms. The van der Waals surface area contributed by atoms with E-state index in [1.165, 1.54) is 17.7 Å². The minimum atomic E-state index is -0.267. The highest BCUT2D eigenvalue weighted by atomic mass is 19.1. The average molecular weight is 467 g/mol. The van der Waals surface area contributed by atoms with Crippen molar-refractivity contribution in [2.45, 2.75) is 31.3 Å². The van der Waals surface area contributed by atoms with E-state index in [4.69, 9.17) is 4.74 Å². The highest BCUT2D eigenvalue weighted by molar-refractivity contribution is 5.88. The van der Waals surface area contributed by atoms with E-state index >= 15 is 0 Å². The van der Waals surface area contributed by atoms with E-state index in [1.807, 2.05) is 24.0 Å². The molecule has 2 aliphatic rings. The Morgan fingerprint density at radius 2 is 2.00 bits per heavy atom. The lowest BCUT2D eigenvalue weighted by Crippen LogP contribution is -2.68. The predicted octanol–water partition coefficient (Wildman–Crippen LogP) is 3.54. The van der Waals surface area contributed by atoms with E-state index in [9.17, 15) is 14.3 Å². The Bertz CT molecular complexity index is 1190. The first-order valence-electron chi connectivity index (χ1n) is 11.8. The van der Waals surface area contributed by atoms with Gasteiger partial charge in [0.1, 0.15) is 11.6 Å². The highest BCUT2D eigenvalue weighted by Crippen LogP contribution is 2.48. The van der Waals surface area contributed by atoms with E-state index in [-0.39, 0.29) is 29.9 Å². The summed E-state index contributed by atoms with van der Waals surface area (Å²) in [6.07, 6.45) is 0.892. The van der Waals surface area contributed by atoms with Crippen LogP contribution in [-0.4, -0.2) is 65.8 Å². The number of nitrogens with zero attached hydrogens (tertiary/aromatic N) is 2. The fraction of sp³-hybridized carbons (Fsp3) is 0.423. The minimum absolute atomic E-state index is 0.0371. The van der Waals surface area contributed by atoms with Crippen LogP contribution in [0, 0.1) is 5.82 Å². The first-order valence-corrected chi connectivity index (χ1v) is 11.8. The van der Waals surface area contributed by atoms with Crippen LogP contribution in [0.5, 0.6) is 5.75 Å². The number of fused-ring (bicyclic) bond motifs is 4. The summed E-state index contributed by atoms with van der Waals surface area (Å²) in [5.74, 6) is 0.496. The maximum absolute atomic E-state index is 13.5. The number of likely N-dealkylation sites (tertiary alicyclic amines) is 1.